The average molecular weight is 277 g/mol. The largest absolute Gasteiger partial charge is 0.458 e. The van der Waals surface area contributed by atoms with E-state index in [0.29, 0.717) is 0 Å². The Labute approximate surface area is 117 Å². The molecule has 0 aliphatic rings. The van der Waals surface area contributed by atoms with Crippen LogP contribution in [0.25, 0.3) is 0 Å². The first-order valence-corrected chi connectivity index (χ1v) is 5.98. The molecule has 0 spiro atoms. The van der Waals surface area contributed by atoms with Gasteiger partial charge in [-0.1, -0.05) is 0 Å². The highest BCUT2D eigenvalue weighted by Gasteiger charge is 2.28. The molecule has 0 heterocycles. The fourth-order valence-corrected chi connectivity index (χ4v) is 1.07. The summed E-state index contributed by atoms with van der Waals surface area (Å²) >= 11 is 0. The van der Waals surface area contributed by atoms with Gasteiger partial charge in [-0.15, -0.1) is 0 Å². The van der Waals surface area contributed by atoms with Crippen LogP contribution in [0.5, 0.6) is 0 Å². The van der Waals surface area contributed by atoms with Crippen molar-refractivity contribution < 1.29 is 26.9 Å². The van der Waals surface area contributed by atoms with E-state index in [0.717, 1.165) is 0 Å². The summed E-state index contributed by atoms with van der Waals surface area (Å²) in [6.07, 6.45) is -2.51. The summed E-state index contributed by atoms with van der Waals surface area (Å²) in [4.78, 5) is 23.7. The first kappa shape index (κ1) is 14.1. The molecule has 1 amide bonds. The number of nitrogens with one attached hydrogen (secondary N) is 1. The molecule has 0 saturated carbocycles. The van der Waals surface area contributed by atoms with Gasteiger partial charge in [0, 0.05) is 14.4 Å². The van der Waals surface area contributed by atoms with E-state index in [2.05, 4.69) is 5.32 Å². The molecule has 0 unspecified atom stereocenters. The third-order valence-electron chi connectivity index (χ3n) is 1.61. The minimum atomic E-state index is -1.86. The van der Waals surface area contributed by atoms with Crippen molar-refractivity contribution in [3.05, 3.63) is 0 Å². The summed E-state index contributed by atoms with van der Waals surface area (Å²) in [6, 6.07) is -1.49. The molecule has 0 aromatic carbocycles. The van der Waals surface area contributed by atoms with Crippen LogP contribution < -0.4 is 5.32 Å². The SMILES string of the molecule is [2H][C@@H]([C@H]([2H])O)[C@H](NC(=O)OC(C)(C)C)C(=O)OC(C)(C)C. The van der Waals surface area contributed by atoms with Crippen molar-refractivity contribution >= 4 is 12.1 Å². The van der Waals surface area contributed by atoms with Crippen LogP contribution in [0.3, 0.4) is 0 Å². The van der Waals surface area contributed by atoms with Crippen molar-refractivity contribution in [2.24, 2.45) is 0 Å². The second-order valence-electron chi connectivity index (χ2n) is 6.00. The van der Waals surface area contributed by atoms with Crippen molar-refractivity contribution in [2.75, 3.05) is 6.58 Å². The number of carbonyl (C=O) groups excluding carboxylic acids is 2. The highest BCUT2D eigenvalue weighted by atomic mass is 16.6. The van der Waals surface area contributed by atoms with Crippen LogP contribution in [-0.4, -0.2) is 41.0 Å². The van der Waals surface area contributed by atoms with Crippen LogP contribution in [0, 0.1) is 0 Å². The molecule has 2 N–H and O–H groups in total. The van der Waals surface area contributed by atoms with Gasteiger partial charge in [-0.2, -0.15) is 0 Å². The van der Waals surface area contributed by atoms with Crippen molar-refractivity contribution in [2.45, 2.75) is 65.2 Å². The number of rotatable bonds is 4. The van der Waals surface area contributed by atoms with Gasteiger partial charge in [0.25, 0.3) is 0 Å². The summed E-state index contributed by atoms with van der Waals surface area (Å²) < 4.78 is 24.8. The Hall–Kier alpha value is -1.30. The number of ether oxygens (including phenoxy) is 2. The summed E-state index contributed by atoms with van der Waals surface area (Å²) in [5, 5.41) is 11.3. The minimum absolute atomic E-state index is 0.778. The molecule has 0 aromatic rings. The summed E-state index contributed by atoms with van der Waals surface area (Å²) in [5.41, 5.74) is -1.60. The van der Waals surface area contributed by atoms with E-state index >= 15 is 0 Å². The lowest BCUT2D eigenvalue weighted by Gasteiger charge is -2.25. The van der Waals surface area contributed by atoms with Crippen molar-refractivity contribution in [3.63, 3.8) is 0 Å². The second-order valence-corrected chi connectivity index (χ2v) is 6.00. The van der Waals surface area contributed by atoms with Crippen LogP contribution in [0.2, 0.25) is 0 Å². The van der Waals surface area contributed by atoms with E-state index in [1.165, 1.54) is 0 Å². The normalized spacial score (nSPS) is 18.5. The first-order valence-electron chi connectivity index (χ1n) is 7.13. The van der Waals surface area contributed by atoms with Gasteiger partial charge in [0.05, 0.1) is 1.37 Å². The molecule has 0 aliphatic carbocycles. The fraction of sp³-hybridized carbons (Fsp3) is 0.846. The minimum Gasteiger partial charge on any atom is -0.458 e. The maximum absolute atomic E-state index is 12.0. The molecule has 0 saturated heterocycles. The Bertz CT molecular complexity index is 374. The van der Waals surface area contributed by atoms with E-state index in [-0.39, 0.29) is 0 Å². The number of amides is 1. The number of carbonyl (C=O) groups is 2. The summed E-state index contributed by atoms with van der Waals surface area (Å²) in [7, 11) is 0. The van der Waals surface area contributed by atoms with Gasteiger partial charge in [0.2, 0.25) is 0 Å². The topological polar surface area (TPSA) is 84.9 Å². The second kappa shape index (κ2) is 6.75. The average Bonchev–Trinajstić information content (AvgIpc) is 2.19. The lowest BCUT2D eigenvalue weighted by atomic mass is 10.1. The van der Waals surface area contributed by atoms with Crippen LogP contribution in [0.1, 0.15) is 50.7 Å². The number of aliphatic hydroxyl groups is 1. The van der Waals surface area contributed by atoms with Crippen LogP contribution >= 0.6 is 0 Å². The number of esters is 1. The fourth-order valence-electron chi connectivity index (χ4n) is 1.07. The summed E-state index contributed by atoms with van der Waals surface area (Å²) in [6.45, 7) is 7.96. The van der Waals surface area contributed by atoms with Crippen LogP contribution in [-0.2, 0) is 14.3 Å². The molecular formula is C13H25NO5. The van der Waals surface area contributed by atoms with E-state index < -0.39 is 42.3 Å². The van der Waals surface area contributed by atoms with E-state index in [4.69, 9.17) is 17.3 Å². The van der Waals surface area contributed by atoms with Gasteiger partial charge in [0.15, 0.2) is 0 Å². The quantitative estimate of drug-likeness (QED) is 0.762. The molecule has 6 nitrogen and oxygen atoms in total. The van der Waals surface area contributed by atoms with E-state index in [1.54, 1.807) is 41.5 Å². The molecule has 3 atom stereocenters. The third-order valence-corrected chi connectivity index (χ3v) is 1.61. The molecule has 112 valence electrons. The van der Waals surface area contributed by atoms with Gasteiger partial charge >= 0.3 is 12.1 Å². The predicted octanol–water partition coefficient (Wildman–Crippen LogP) is 1.60. The van der Waals surface area contributed by atoms with Gasteiger partial charge in [-0.25, -0.2) is 9.59 Å². The monoisotopic (exact) mass is 277 g/mol. The molecule has 0 radical (unpaired) electrons. The van der Waals surface area contributed by atoms with Crippen molar-refractivity contribution in [1.29, 1.82) is 0 Å². The zero-order valence-corrected chi connectivity index (χ0v) is 12.3. The Morgan fingerprint density at radius 2 is 1.63 bits per heavy atom. The first-order chi connectivity index (χ1) is 9.23. The number of hydrogen-bond donors (Lipinski definition) is 2. The zero-order valence-electron chi connectivity index (χ0n) is 14.3. The molecule has 0 rings (SSSR count). The molecule has 0 bridgehead atoms. The Kier molecular flexibility index (Phi) is 5.01. The standard InChI is InChI=1S/C13H25NO5/c1-12(2,3)18-10(16)9(7-8-15)14-11(17)19-13(4,5)6/h9,15H,7-8H2,1-6H3,(H,14,17)/t9-/m0/s1/i7D,8D/t7-,8-,9-. The molecule has 0 aromatic heterocycles. The van der Waals surface area contributed by atoms with Gasteiger partial charge in [0.1, 0.15) is 17.2 Å². The zero-order chi connectivity index (χ0) is 17.0. The molecule has 0 aliphatic heterocycles. The number of hydrogen-bond acceptors (Lipinski definition) is 5. The molecule has 6 heteroatoms. The predicted molar refractivity (Wildman–Crippen MR) is 70.7 cm³/mol. The van der Waals surface area contributed by atoms with Crippen molar-refractivity contribution in [3.8, 4) is 0 Å². The Morgan fingerprint density at radius 3 is 2.00 bits per heavy atom. The maximum atomic E-state index is 12.0. The number of aliphatic hydroxyl groups excluding tert-OH is 1. The highest BCUT2D eigenvalue weighted by molar-refractivity contribution is 5.81. The third kappa shape index (κ3) is 9.30. The number of alkyl carbamates (subject to hydrolysis) is 1. The van der Waals surface area contributed by atoms with Gasteiger partial charge < -0.3 is 19.9 Å². The maximum Gasteiger partial charge on any atom is 0.408 e. The van der Waals surface area contributed by atoms with E-state index in [9.17, 15) is 9.59 Å². The van der Waals surface area contributed by atoms with Gasteiger partial charge in [-0.05, 0) is 41.5 Å². The summed E-state index contributed by atoms with van der Waals surface area (Å²) in [5.74, 6) is -0.903. The highest BCUT2D eigenvalue weighted by Crippen LogP contribution is 2.11. The van der Waals surface area contributed by atoms with E-state index in [1.807, 2.05) is 0 Å². The lowest BCUT2D eigenvalue weighted by molar-refractivity contribution is -0.157. The Balaban J connectivity index is 5.00. The Morgan fingerprint density at radius 1 is 1.16 bits per heavy atom. The van der Waals surface area contributed by atoms with Crippen LogP contribution in [0.4, 0.5) is 4.79 Å². The molecular weight excluding hydrogens is 250 g/mol. The van der Waals surface area contributed by atoms with Crippen LogP contribution in [0.15, 0.2) is 0 Å². The molecule has 0 fully saturated rings. The lowest BCUT2D eigenvalue weighted by Crippen LogP contribution is -2.46. The smallest absolute Gasteiger partial charge is 0.408 e. The van der Waals surface area contributed by atoms with Gasteiger partial charge in [-0.3, -0.25) is 0 Å². The molecule has 19 heavy (non-hydrogen) atoms. The van der Waals surface area contributed by atoms with Crippen molar-refractivity contribution in [1.82, 2.24) is 5.32 Å².